The van der Waals surface area contributed by atoms with Gasteiger partial charge in [-0.05, 0) is 30.7 Å². The third kappa shape index (κ3) is 4.65. The van der Waals surface area contributed by atoms with Crippen molar-refractivity contribution in [2.24, 2.45) is 0 Å². The predicted molar refractivity (Wildman–Crippen MR) is 96.2 cm³/mol. The molecule has 0 fully saturated rings. The molecular weight excluding hydrogens is 444 g/mol. The molecule has 0 saturated heterocycles. The molecule has 0 aliphatic carbocycles. The maximum Gasteiger partial charge on any atom is 0.574 e. The highest BCUT2D eigenvalue weighted by Gasteiger charge is 2.34. The Morgan fingerprint density at radius 1 is 1.06 bits per heavy atom. The van der Waals surface area contributed by atoms with Crippen molar-refractivity contribution in [3.05, 3.63) is 59.7 Å². The third-order valence-corrected chi connectivity index (χ3v) is 4.67. The van der Waals surface area contributed by atoms with Gasteiger partial charge in [-0.1, -0.05) is 0 Å². The number of hydrogen-bond donors (Lipinski definition) is 1. The number of nitrogens with one attached hydrogen (secondary N) is 1. The molecule has 3 aromatic heterocycles. The lowest BCUT2D eigenvalue weighted by molar-refractivity contribution is -0.276. The highest BCUT2D eigenvalue weighted by molar-refractivity contribution is 5.94. The number of alkyl halides is 6. The molecule has 0 bridgehead atoms. The maximum absolute atomic E-state index is 12.9. The molecule has 13 heteroatoms. The number of amides is 1. The molecule has 32 heavy (non-hydrogen) atoms. The molecule has 0 spiro atoms. The molecule has 4 rings (SSSR count). The first-order valence-corrected chi connectivity index (χ1v) is 9.13. The number of pyridine rings is 2. The minimum Gasteiger partial charge on any atom is -0.388 e. The van der Waals surface area contributed by atoms with Gasteiger partial charge in [0.05, 0.1) is 17.4 Å². The SMILES string of the molecule is O=C(N[C@@H]1CCn2nc(-c3ccnc(C(F)(F)F)c3)cc21)c1ccnc(OC(F)(F)F)c1. The fraction of sp³-hybridized carbons (Fsp3) is 0.263. The minimum absolute atomic E-state index is 0.0959. The number of hydrogen-bond acceptors (Lipinski definition) is 5. The van der Waals surface area contributed by atoms with Crippen LogP contribution in [0, 0.1) is 0 Å². The van der Waals surface area contributed by atoms with Gasteiger partial charge in [0, 0.05) is 36.1 Å². The van der Waals surface area contributed by atoms with Gasteiger partial charge in [-0.3, -0.25) is 14.5 Å². The van der Waals surface area contributed by atoms with Crippen molar-refractivity contribution < 1.29 is 35.9 Å². The normalized spacial score (nSPS) is 16.0. The zero-order chi connectivity index (χ0) is 23.1. The van der Waals surface area contributed by atoms with E-state index in [1.807, 2.05) is 0 Å². The smallest absolute Gasteiger partial charge is 0.388 e. The number of rotatable bonds is 4. The van der Waals surface area contributed by atoms with Gasteiger partial charge in [0.2, 0.25) is 5.88 Å². The van der Waals surface area contributed by atoms with Crippen LogP contribution in [-0.2, 0) is 12.7 Å². The summed E-state index contributed by atoms with van der Waals surface area (Å²) < 4.78 is 81.1. The lowest BCUT2D eigenvalue weighted by Crippen LogP contribution is -2.27. The van der Waals surface area contributed by atoms with E-state index >= 15 is 0 Å². The van der Waals surface area contributed by atoms with Crippen molar-refractivity contribution >= 4 is 5.91 Å². The molecule has 1 aliphatic rings. The Hall–Kier alpha value is -3.64. The number of fused-ring (bicyclic) bond motifs is 1. The molecule has 168 valence electrons. The molecule has 1 atom stereocenters. The van der Waals surface area contributed by atoms with Gasteiger partial charge in [0.1, 0.15) is 5.69 Å². The van der Waals surface area contributed by atoms with E-state index < -0.39 is 36.1 Å². The second-order valence-electron chi connectivity index (χ2n) is 6.85. The molecule has 0 saturated carbocycles. The van der Waals surface area contributed by atoms with Gasteiger partial charge in [-0.15, -0.1) is 13.2 Å². The summed E-state index contributed by atoms with van der Waals surface area (Å²) in [4.78, 5) is 19.3. The topological polar surface area (TPSA) is 81.9 Å². The van der Waals surface area contributed by atoms with E-state index in [4.69, 9.17) is 0 Å². The second-order valence-corrected chi connectivity index (χ2v) is 6.85. The second kappa shape index (κ2) is 7.80. The van der Waals surface area contributed by atoms with E-state index in [1.54, 1.807) is 10.7 Å². The fourth-order valence-electron chi connectivity index (χ4n) is 3.29. The van der Waals surface area contributed by atoms with Crippen LogP contribution in [0.5, 0.6) is 5.88 Å². The maximum atomic E-state index is 12.9. The van der Waals surface area contributed by atoms with Crippen LogP contribution in [0.25, 0.3) is 11.3 Å². The first-order valence-electron chi connectivity index (χ1n) is 9.13. The summed E-state index contributed by atoms with van der Waals surface area (Å²) in [6.45, 7) is 0.399. The molecule has 0 unspecified atom stereocenters. The lowest BCUT2D eigenvalue weighted by Gasteiger charge is -2.13. The van der Waals surface area contributed by atoms with Crippen molar-refractivity contribution in [3.63, 3.8) is 0 Å². The number of ether oxygens (including phenoxy) is 1. The number of aromatic nitrogens is 4. The molecular formula is C19H13F6N5O2. The molecule has 0 radical (unpaired) electrons. The molecule has 1 amide bonds. The average molecular weight is 457 g/mol. The zero-order valence-electron chi connectivity index (χ0n) is 15.9. The Morgan fingerprint density at radius 2 is 1.81 bits per heavy atom. The average Bonchev–Trinajstić information content (AvgIpc) is 3.28. The van der Waals surface area contributed by atoms with E-state index in [0.717, 1.165) is 24.5 Å². The van der Waals surface area contributed by atoms with Crippen LogP contribution < -0.4 is 10.1 Å². The fourth-order valence-corrected chi connectivity index (χ4v) is 3.29. The molecule has 1 N–H and O–H groups in total. The van der Waals surface area contributed by atoms with Crippen LogP contribution in [0.15, 0.2) is 42.7 Å². The lowest BCUT2D eigenvalue weighted by atomic mass is 10.1. The summed E-state index contributed by atoms with van der Waals surface area (Å²) in [7, 11) is 0. The third-order valence-electron chi connectivity index (χ3n) is 4.67. The first kappa shape index (κ1) is 21.6. The van der Waals surface area contributed by atoms with Gasteiger partial charge in [0.25, 0.3) is 5.91 Å². The standard InChI is InChI=1S/C19H13F6N5O2/c20-18(21,22)15-7-10(1-4-26-15)13-9-14-12(3-6-30(14)29-13)28-17(31)11-2-5-27-16(8-11)32-19(23,24)25/h1-2,4-5,7-9,12H,3,6H2,(H,28,31)/t12-/m1/s1. The molecule has 7 nitrogen and oxygen atoms in total. The Bertz CT molecular complexity index is 1160. The van der Waals surface area contributed by atoms with E-state index in [1.165, 1.54) is 12.1 Å². The van der Waals surface area contributed by atoms with Crippen molar-refractivity contribution in [2.45, 2.75) is 31.5 Å². The Balaban J connectivity index is 1.52. The minimum atomic E-state index is -4.95. The summed E-state index contributed by atoms with van der Waals surface area (Å²) in [5.41, 5.74) is -0.109. The summed E-state index contributed by atoms with van der Waals surface area (Å²) in [6, 6.07) is 5.37. The molecule has 3 aromatic rings. The van der Waals surface area contributed by atoms with Gasteiger partial charge < -0.3 is 10.1 Å². The Labute approximate surface area is 176 Å². The van der Waals surface area contributed by atoms with E-state index in [9.17, 15) is 31.1 Å². The van der Waals surface area contributed by atoms with Crippen molar-refractivity contribution in [3.8, 4) is 17.1 Å². The van der Waals surface area contributed by atoms with E-state index in [-0.39, 0.29) is 16.8 Å². The van der Waals surface area contributed by atoms with Crippen LogP contribution in [-0.4, -0.2) is 32.0 Å². The van der Waals surface area contributed by atoms with Crippen LogP contribution >= 0.6 is 0 Å². The molecule has 4 heterocycles. The zero-order valence-corrected chi connectivity index (χ0v) is 15.9. The number of carbonyl (C=O) groups excluding carboxylic acids is 1. The van der Waals surface area contributed by atoms with Gasteiger partial charge in [0.15, 0.2) is 0 Å². The van der Waals surface area contributed by atoms with Gasteiger partial charge in [-0.25, -0.2) is 4.98 Å². The van der Waals surface area contributed by atoms with Crippen molar-refractivity contribution in [1.82, 2.24) is 25.1 Å². The number of aryl methyl sites for hydroxylation is 1. The Morgan fingerprint density at radius 3 is 2.53 bits per heavy atom. The van der Waals surface area contributed by atoms with Gasteiger partial charge >= 0.3 is 12.5 Å². The molecule has 0 aromatic carbocycles. The number of carbonyl (C=O) groups is 1. The summed E-state index contributed by atoms with van der Waals surface area (Å²) in [5, 5.41) is 6.97. The number of halogens is 6. The van der Waals surface area contributed by atoms with Crippen LogP contribution in [0.1, 0.15) is 34.2 Å². The highest BCUT2D eigenvalue weighted by atomic mass is 19.4. The van der Waals surface area contributed by atoms with Crippen LogP contribution in [0.4, 0.5) is 26.3 Å². The van der Waals surface area contributed by atoms with E-state index in [2.05, 4.69) is 25.1 Å². The monoisotopic (exact) mass is 457 g/mol. The Kier molecular flexibility index (Phi) is 5.26. The van der Waals surface area contributed by atoms with E-state index in [0.29, 0.717) is 18.7 Å². The quantitative estimate of drug-likeness (QED) is 0.596. The number of nitrogens with zero attached hydrogens (tertiary/aromatic N) is 4. The van der Waals surface area contributed by atoms with Crippen LogP contribution in [0.3, 0.4) is 0 Å². The highest BCUT2D eigenvalue weighted by Crippen LogP contribution is 2.33. The van der Waals surface area contributed by atoms with Crippen LogP contribution in [0.2, 0.25) is 0 Å². The summed E-state index contributed by atoms with van der Waals surface area (Å²) in [6.07, 6.45) is -7.06. The first-order chi connectivity index (χ1) is 15.0. The predicted octanol–water partition coefficient (Wildman–Crippen LogP) is 4.13. The van der Waals surface area contributed by atoms with Gasteiger partial charge in [-0.2, -0.15) is 18.3 Å². The largest absolute Gasteiger partial charge is 0.574 e. The van der Waals surface area contributed by atoms with Crippen molar-refractivity contribution in [1.29, 1.82) is 0 Å². The van der Waals surface area contributed by atoms with Crippen molar-refractivity contribution in [2.75, 3.05) is 0 Å². The summed E-state index contributed by atoms with van der Waals surface area (Å²) >= 11 is 0. The summed E-state index contributed by atoms with van der Waals surface area (Å²) in [5.74, 6) is -1.44. The molecule has 1 aliphatic heterocycles.